The van der Waals surface area contributed by atoms with Crippen molar-refractivity contribution < 1.29 is 0 Å². The lowest BCUT2D eigenvalue weighted by Crippen LogP contribution is -2.33. The van der Waals surface area contributed by atoms with Crippen LogP contribution in [0.5, 0.6) is 0 Å². The van der Waals surface area contributed by atoms with Crippen molar-refractivity contribution in [1.29, 1.82) is 5.26 Å². The Labute approximate surface area is 132 Å². The molecule has 1 aromatic carbocycles. The monoisotopic (exact) mass is 294 g/mol. The van der Waals surface area contributed by atoms with Gasteiger partial charge in [-0.3, -0.25) is 4.90 Å². The van der Waals surface area contributed by atoms with Crippen LogP contribution in [-0.4, -0.2) is 29.5 Å². The Bertz CT molecular complexity index is 614. The van der Waals surface area contributed by atoms with Gasteiger partial charge in [0.25, 0.3) is 0 Å². The van der Waals surface area contributed by atoms with Crippen molar-refractivity contribution in [3.63, 3.8) is 0 Å². The zero-order valence-electron chi connectivity index (χ0n) is 13.2. The first kappa shape index (κ1) is 16.0. The van der Waals surface area contributed by atoms with Gasteiger partial charge in [-0.25, -0.2) is 4.98 Å². The fraction of sp³-hybridized carbons (Fsp3) is 0.333. The normalized spacial score (nSPS) is 11.9. The average Bonchev–Trinajstić information content (AvgIpc) is 2.59. The first-order valence-electron chi connectivity index (χ1n) is 7.67. The molecule has 4 nitrogen and oxygen atoms in total. The van der Waals surface area contributed by atoms with Gasteiger partial charge in [-0.2, -0.15) is 5.26 Å². The molecule has 0 amide bonds. The van der Waals surface area contributed by atoms with E-state index in [0.29, 0.717) is 5.56 Å². The molecule has 1 atom stereocenters. The number of nitrogens with zero attached hydrogens (tertiary/aromatic N) is 3. The third kappa shape index (κ3) is 4.06. The van der Waals surface area contributed by atoms with Crippen molar-refractivity contribution in [3.8, 4) is 6.07 Å². The van der Waals surface area contributed by atoms with E-state index in [-0.39, 0.29) is 6.04 Å². The molecular formula is C18H22N4. The number of hydrogen-bond acceptors (Lipinski definition) is 4. The Kier molecular flexibility index (Phi) is 5.93. The molecule has 0 radical (unpaired) electrons. The minimum absolute atomic E-state index is 0.281. The topological polar surface area (TPSA) is 52.0 Å². The Morgan fingerprint density at radius 3 is 2.55 bits per heavy atom. The molecule has 0 spiro atoms. The van der Waals surface area contributed by atoms with Gasteiger partial charge in [0.15, 0.2) is 0 Å². The molecule has 0 saturated carbocycles. The highest BCUT2D eigenvalue weighted by Crippen LogP contribution is 2.21. The minimum Gasteiger partial charge on any atom is -0.368 e. The molecule has 1 aromatic heterocycles. The van der Waals surface area contributed by atoms with Gasteiger partial charge >= 0.3 is 0 Å². The van der Waals surface area contributed by atoms with Crippen LogP contribution in [0.2, 0.25) is 0 Å². The van der Waals surface area contributed by atoms with Gasteiger partial charge in [-0.1, -0.05) is 44.2 Å². The van der Waals surface area contributed by atoms with E-state index >= 15 is 0 Å². The number of pyridine rings is 1. The first-order valence-corrected chi connectivity index (χ1v) is 7.67. The summed E-state index contributed by atoms with van der Waals surface area (Å²) in [5, 5.41) is 12.3. The molecule has 1 N–H and O–H groups in total. The van der Waals surface area contributed by atoms with Crippen molar-refractivity contribution in [1.82, 2.24) is 9.88 Å². The summed E-state index contributed by atoms with van der Waals surface area (Å²) in [4.78, 5) is 6.70. The van der Waals surface area contributed by atoms with Crippen LogP contribution >= 0.6 is 0 Å². The molecule has 1 unspecified atom stereocenters. The molecule has 22 heavy (non-hydrogen) atoms. The predicted molar refractivity (Wildman–Crippen MR) is 89.5 cm³/mol. The minimum atomic E-state index is 0.281. The summed E-state index contributed by atoms with van der Waals surface area (Å²) in [6.07, 6.45) is 1.66. The molecule has 4 heteroatoms. The molecule has 0 fully saturated rings. The van der Waals surface area contributed by atoms with E-state index in [1.54, 1.807) is 18.3 Å². The molecule has 0 saturated heterocycles. The maximum Gasteiger partial charge on any atom is 0.127 e. The van der Waals surface area contributed by atoms with Gasteiger partial charge in [0, 0.05) is 12.7 Å². The van der Waals surface area contributed by atoms with Crippen molar-refractivity contribution in [2.24, 2.45) is 0 Å². The number of aromatic nitrogens is 1. The second kappa shape index (κ2) is 8.16. The molecule has 114 valence electrons. The summed E-state index contributed by atoms with van der Waals surface area (Å²) < 4.78 is 0. The summed E-state index contributed by atoms with van der Waals surface area (Å²) >= 11 is 0. The fourth-order valence-electron chi connectivity index (χ4n) is 2.60. The van der Waals surface area contributed by atoms with Crippen LogP contribution in [0.15, 0.2) is 48.7 Å². The standard InChI is InChI=1S/C18H22N4/c1-3-22(4-2)17(16-8-6-5-7-9-16)14-21-18-12-15(13-19)10-11-20-18/h5-12,17H,3-4,14H2,1-2H3,(H,20,21). The zero-order valence-corrected chi connectivity index (χ0v) is 13.2. The van der Waals surface area contributed by atoms with Gasteiger partial charge < -0.3 is 5.32 Å². The van der Waals surface area contributed by atoms with E-state index in [1.807, 2.05) is 6.07 Å². The van der Waals surface area contributed by atoms with Crippen LogP contribution in [-0.2, 0) is 0 Å². The van der Waals surface area contributed by atoms with Crippen molar-refractivity contribution >= 4 is 5.82 Å². The number of rotatable bonds is 7. The van der Waals surface area contributed by atoms with E-state index in [9.17, 15) is 0 Å². The number of benzene rings is 1. The lowest BCUT2D eigenvalue weighted by Gasteiger charge is -2.30. The highest BCUT2D eigenvalue weighted by molar-refractivity contribution is 5.42. The summed E-state index contributed by atoms with van der Waals surface area (Å²) in [6.45, 7) is 7.09. The molecule has 0 bridgehead atoms. The van der Waals surface area contributed by atoms with Crippen LogP contribution in [0, 0.1) is 11.3 Å². The Morgan fingerprint density at radius 1 is 1.18 bits per heavy atom. The van der Waals surface area contributed by atoms with E-state index in [4.69, 9.17) is 5.26 Å². The zero-order chi connectivity index (χ0) is 15.8. The largest absolute Gasteiger partial charge is 0.368 e. The number of hydrogen-bond donors (Lipinski definition) is 1. The molecule has 2 rings (SSSR count). The fourth-order valence-corrected chi connectivity index (χ4v) is 2.60. The SMILES string of the molecule is CCN(CC)C(CNc1cc(C#N)ccn1)c1ccccc1. The van der Waals surface area contributed by atoms with E-state index in [2.05, 4.69) is 59.4 Å². The van der Waals surface area contributed by atoms with E-state index < -0.39 is 0 Å². The first-order chi connectivity index (χ1) is 10.8. The highest BCUT2D eigenvalue weighted by atomic mass is 15.2. The molecule has 0 aliphatic heterocycles. The molecule has 0 aliphatic carbocycles. The predicted octanol–water partition coefficient (Wildman–Crippen LogP) is 3.45. The second-order valence-electron chi connectivity index (χ2n) is 5.07. The summed E-state index contributed by atoms with van der Waals surface area (Å²) in [6, 6.07) is 16.4. The number of nitriles is 1. The van der Waals surface area contributed by atoms with E-state index in [0.717, 1.165) is 25.5 Å². The van der Waals surface area contributed by atoms with E-state index in [1.165, 1.54) is 5.56 Å². The maximum absolute atomic E-state index is 8.97. The van der Waals surface area contributed by atoms with Crippen molar-refractivity contribution in [2.45, 2.75) is 19.9 Å². The van der Waals surface area contributed by atoms with Crippen LogP contribution < -0.4 is 5.32 Å². The summed E-state index contributed by atoms with van der Waals surface area (Å²) in [7, 11) is 0. The van der Waals surface area contributed by atoms with Crippen molar-refractivity contribution in [2.75, 3.05) is 25.0 Å². The van der Waals surface area contributed by atoms with Crippen LogP contribution in [0.3, 0.4) is 0 Å². The summed E-state index contributed by atoms with van der Waals surface area (Å²) in [5.74, 6) is 0.743. The third-order valence-electron chi connectivity index (χ3n) is 3.80. The van der Waals surface area contributed by atoms with Gasteiger partial charge in [-0.15, -0.1) is 0 Å². The molecule has 1 heterocycles. The number of likely N-dealkylation sites (N-methyl/N-ethyl adjacent to an activating group) is 1. The van der Waals surface area contributed by atoms with Gasteiger partial charge in [-0.05, 0) is 30.8 Å². The molecule has 2 aromatic rings. The van der Waals surface area contributed by atoms with Crippen LogP contribution in [0.4, 0.5) is 5.82 Å². The average molecular weight is 294 g/mol. The van der Waals surface area contributed by atoms with Gasteiger partial charge in [0.2, 0.25) is 0 Å². The Hall–Kier alpha value is -2.38. The number of nitrogens with one attached hydrogen (secondary N) is 1. The molecular weight excluding hydrogens is 272 g/mol. The van der Waals surface area contributed by atoms with Crippen LogP contribution in [0.1, 0.15) is 31.0 Å². The quantitative estimate of drug-likeness (QED) is 0.850. The lowest BCUT2D eigenvalue weighted by atomic mass is 10.1. The van der Waals surface area contributed by atoms with Gasteiger partial charge in [0.05, 0.1) is 17.7 Å². The Balaban J connectivity index is 2.14. The summed E-state index contributed by atoms with van der Waals surface area (Å²) in [5.41, 5.74) is 1.91. The second-order valence-corrected chi connectivity index (χ2v) is 5.07. The van der Waals surface area contributed by atoms with Gasteiger partial charge in [0.1, 0.15) is 5.82 Å². The lowest BCUT2D eigenvalue weighted by molar-refractivity contribution is 0.228. The van der Waals surface area contributed by atoms with Crippen LogP contribution in [0.25, 0.3) is 0 Å². The Morgan fingerprint density at radius 2 is 1.91 bits per heavy atom. The maximum atomic E-state index is 8.97. The molecule has 0 aliphatic rings. The highest BCUT2D eigenvalue weighted by Gasteiger charge is 2.17. The van der Waals surface area contributed by atoms with Crippen molar-refractivity contribution in [3.05, 3.63) is 59.8 Å². The third-order valence-corrected chi connectivity index (χ3v) is 3.80. The smallest absolute Gasteiger partial charge is 0.127 e. The number of anilines is 1.